The molecule has 0 aliphatic carbocycles. The second-order valence-corrected chi connectivity index (χ2v) is 12.7. The van der Waals surface area contributed by atoms with E-state index in [9.17, 15) is 4.79 Å². The Labute approximate surface area is 240 Å². The van der Waals surface area contributed by atoms with E-state index in [1.807, 2.05) is 54.4 Å². The highest BCUT2D eigenvalue weighted by Gasteiger charge is 2.33. The predicted molar refractivity (Wildman–Crippen MR) is 160 cm³/mol. The van der Waals surface area contributed by atoms with Gasteiger partial charge < -0.3 is 18.9 Å². The second-order valence-electron chi connectivity index (χ2n) is 12.7. The first kappa shape index (κ1) is 31.6. The summed E-state index contributed by atoms with van der Waals surface area (Å²) in [6, 6.07) is 14.1. The molecule has 0 bridgehead atoms. The van der Waals surface area contributed by atoms with Gasteiger partial charge in [0.15, 0.2) is 5.71 Å². The van der Waals surface area contributed by atoms with Crippen LogP contribution in [0, 0.1) is 5.92 Å². The normalized spacial score (nSPS) is 17.2. The van der Waals surface area contributed by atoms with Gasteiger partial charge in [-0.25, -0.2) is 4.79 Å². The number of hydrazone groups is 1. The summed E-state index contributed by atoms with van der Waals surface area (Å²) >= 11 is 0. The van der Waals surface area contributed by atoms with E-state index in [4.69, 9.17) is 24.0 Å². The van der Waals surface area contributed by atoms with Crippen molar-refractivity contribution in [3.63, 3.8) is 0 Å². The van der Waals surface area contributed by atoms with Crippen LogP contribution in [0.25, 0.3) is 0 Å². The molecule has 1 aliphatic heterocycles. The van der Waals surface area contributed by atoms with Crippen LogP contribution in [0.15, 0.2) is 47.6 Å². The number of rotatable bonds is 11. The number of carbonyl (C=O) groups excluding carboxylic acids is 1. The minimum Gasteiger partial charge on any atom is -0.497 e. The minimum atomic E-state index is -0.458. The van der Waals surface area contributed by atoms with Crippen LogP contribution >= 0.6 is 0 Å². The van der Waals surface area contributed by atoms with E-state index in [0.717, 1.165) is 41.8 Å². The SMILES string of the molecule is COC[C@@H]1CCCN1/N=C(/C(=O)Oc1c(C(C)(C)C)cc(OC)cc1C(C)(C)C)[C@@H](C)COCc1ccccc1. The highest BCUT2D eigenvalue weighted by atomic mass is 16.5. The lowest BCUT2D eigenvalue weighted by molar-refractivity contribution is -0.127. The minimum absolute atomic E-state index is 0.126. The summed E-state index contributed by atoms with van der Waals surface area (Å²) in [6.45, 7) is 16.8. The maximum absolute atomic E-state index is 14.1. The molecule has 7 heteroatoms. The van der Waals surface area contributed by atoms with Gasteiger partial charge in [0, 0.05) is 30.7 Å². The molecular weight excluding hydrogens is 504 g/mol. The molecule has 0 saturated carbocycles. The number of ether oxygens (including phenoxy) is 4. The van der Waals surface area contributed by atoms with E-state index in [1.54, 1.807) is 14.2 Å². The van der Waals surface area contributed by atoms with E-state index in [0.29, 0.717) is 31.3 Å². The van der Waals surface area contributed by atoms with Crippen LogP contribution in [0.1, 0.15) is 78.0 Å². The number of methoxy groups -OCH3 is 2. The predicted octanol–water partition coefficient (Wildman–Crippen LogP) is 6.52. The van der Waals surface area contributed by atoms with Gasteiger partial charge in [-0.15, -0.1) is 0 Å². The van der Waals surface area contributed by atoms with Crippen molar-refractivity contribution < 1.29 is 23.7 Å². The Morgan fingerprint density at radius 1 is 1.02 bits per heavy atom. The lowest BCUT2D eigenvalue weighted by Crippen LogP contribution is -2.36. The summed E-state index contributed by atoms with van der Waals surface area (Å²) in [6.07, 6.45) is 1.97. The summed E-state index contributed by atoms with van der Waals surface area (Å²) in [5, 5.41) is 6.89. The Hall–Kier alpha value is -2.90. The monoisotopic (exact) mass is 552 g/mol. The smallest absolute Gasteiger partial charge is 0.360 e. The molecule has 0 radical (unpaired) electrons. The fourth-order valence-electron chi connectivity index (χ4n) is 4.89. The average molecular weight is 553 g/mol. The topological polar surface area (TPSA) is 69.6 Å². The van der Waals surface area contributed by atoms with Gasteiger partial charge in [-0.1, -0.05) is 78.8 Å². The van der Waals surface area contributed by atoms with E-state index >= 15 is 0 Å². The van der Waals surface area contributed by atoms with E-state index in [1.165, 1.54) is 0 Å². The molecular formula is C33H48N2O5. The zero-order valence-corrected chi connectivity index (χ0v) is 25.9. The van der Waals surface area contributed by atoms with Gasteiger partial charge in [0.2, 0.25) is 0 Å². The molecule has 0 amide bonds. The van der Waals surface area contributed by atoms with Crippen LogP contribution in [-0.2, 0) is 31.7 Å². The third-order valence-corrected chi connectivity index (χ3v) is 7.21. The molecule has 2 aromatic rings. The van der Waals surface area contributed by atoms with Gasteiger partial charge in [-0.2, -0.15) is 5.10 Å². The zero-order chi connectivity index (χ0) is 29.5. The van der Waals surface area contributed by atoms with Gasteiger partial charge in [0.05, 0.1) is 33.0 Å². The maximum atomic E-state index is 14.1. The first-order valence-electron chi connectivity index (χ1n) is 14.3. The molecule has 0 N–H and O–H groups in total. The van der Waals surface area contributed by atoms with Crippen molar-refractivity contribution in [1.29, 1.82) is 0 Å². The van der Waals surface area contributed by atoms with Crippen molar-refractivity contribution in [3.8, 4) is 11.5 Å². The number of hydrogen-bond donors (Lipinski definition) is 0. The number of hydrogen-bond acceptors (Lipinski definition) is 7. The third-order valence-electron chi connectivity index (χ3n) is 7.21. The number of carbonyl (C=O) groups is 1. The van der Waals surface area contributed by atoms with Gasteiger partial charge >= 0.3 is 5.97 Å². The Morgan fingerprint density at radius 3 is 2.20 bits per heavy atom. The van der Waals surface area contributed by atoms with Crippen LogP contribution in [0.4, 0.5) is 0 Å². The van der Waals surface area contributed by atoms with Crippen LogP contribution in [-0.4, -0.2) is 56.7 Å². The Kier molecular flexibility index (Phi) is 10.8. The summed E-state index contributed by atoms with van der Waals surface area (Å²) in [4.78, 5) is 14.1. The van der Waals surface area contributed by atoms with Gasteiger partial charge in [0.25, 0.3) is 0 Å². The van der Waals surface area contributed by atoms with Crippen molar-refractivity contribution in [1.82, 2.24) is 5.01 Å². The molecule has 220 valence electrons. The highest BCUT2D eigenvalue weighted by molar-refractivity contribution is 6.37. The molecule has 7 nitrogen and oxygen atoms in total. The van der Waals surface area contributed by atoms with Crippen molar-refractivity contribution in [3.05, 3.63) is 59.2 Å². The van der Waals surface area contributed by atoms with Crippen molar-refractivity contribution in [2.24, 2.45) is 11.0 Å². The highest BCUT2D eigenvalue weighted by Crippen LogP contribution is 2.42. The summed E-state index contributed by atoms with van der Waals surface area (Å²) in [5.74, 6) is 0.575. The molecule has 2 atom stereocenters. The second kappa shape index (κ2) is 13.6. The van der Waals surface area contributed by atoms with Crippen LogP contribution in [0.3, 0.4) is 0 Å². The quantitative estimate of drug-likeness (QED) is 0.180. The Morgan fingerprint density at radius 2 is 1.65 bits per heavy atom. The summed E-state index contributed by atoms with van der Waals surface area (Å²) in [5.41, 5.74) is 2.69. The first-order chi connectivity index (χ1) is 18.8. The van der Waals surface area contributed by atoms with Crippen molar-refractivity contribution in [2.75, 3.05) is 34.0 Å². The standard InChI is InChI=1S/C33H48N2O5/c1-23(20-39-21-24-14-11-10-12-15-24)29(34-35-17-13-16-25(35)22-37-8)31(36)40-30-27(32(2,3)4)18-26(38-9)19-28(30)33(5,6)7/h10-12,14-15,18-19,23,25H,13,16-17,20-22H2,1-9H3/b34-29+/t23-,25-/m0/s1. The molecule has 1 saturated heterocycles. The first-order valence-corrected chi connectivity index (χ1v) is 14.3. The van der Waals surface area contributed by atoms with Gasteiger partial charge in [-0.05, 0) is 41.4 Å². The Bertz CT molecular complexity index is 1110. The molecule has 1 fully saturated rings. The van der Waals surface area contributed by atoms with Crippen molar-refractivity contribution in [2.45, 2.75) is 84.8 Å². The largest absolute Gasteiger partial charge is 0.497 e. The number of nitrogens with zero attached hydrogens (tertiary/aromatic N) is 2. The number of esters is 1. The van der Waals surface area contributed by atoms with E-state index < -0.39 is 5.97 Å². The molecule has 0 spiro atoms. The molecule has 0 aromatic heterocycles. The maximum Gasteiger partial charge on any atom is 0.360 e. The lowest BCUT2D eigenvalue weighted by atomic mass is 9.79. The third kappa shape index (κ3) is 8.31. The molecule has 2 aromatic carbocycles. The van der Waals surface area contributed by atoms with Gasteiger partial charge in [-0.3, -0.25) is 5.01 Å². The van der Waals surface area contributed by atoms with Crippen LogP contribution in [0.5, 0.6) is 11.5 Å². The lowest BCUT2D eigenvalue weighted by Gasteiger charge is -2.30. The molecule has 1 aliphatic rings. The molecule has 40 heavy (non-hydrogen) atoms. The Balaban J connectivity index is 1.98. The van der Waals surface area contributed by atoms with Crippen molar-refractivity contribution >= 4 is 11.7 Å². The fraction of sp³-hybridized carbons (Fsp3) is 0.576. The van der Waals surface area contributed by atoms with Crippen LogP contribution < -0.4 is 9.47 Å². The molecule has 0 unspecified atom stereocenters. The van der Waals surface area contributed by atoms with E-state index in [2.05, 4.69) is 41.5 Å². The number of benzene rings is 2. The summed E-state index contributed by atoms with van der Waals surface area (Å²) < 4.78 is 23.5. The molecule has 1 heterocycles. The zero-order valence-electron chi connectivity index (χ0n) is 25.9. The van der Waals surface area contributed by atoms with Gasteiger partial charge in [0.1, 0.15) is 11.5 Å². The van der Waals surface area contributed by atoms with E-state index in [-0.39, 0.29) is 22.8 Å². The van der Waals surface area contributed by atoms with Crippen LogP contribution in [0.2, 0.25) is 0 Å². The molecule has 3 rings (SSSR count). The average Bonchev–Trinajstić information content (AvgIpc) is 3.33. The fourth-order valence-corrected chi connectivity index (χ4v) is 4.89. The summed E-state index contributed by atoms with van der Waals surface area (Å²) in [7, 11) is 3.36.